The summed E-state index contributed by atoms with van der Waals surface area (Å²) >= 11 is 9.32. The second-order valence-electron chi connectivity index (χ2n) is 11.3. The maximum Gasteiger partial charge on any atom is 0.416 e. The van der Waals surface area contributed by atoms with Crippen molar-refractivity contribution in [1.82, 2.24) is 29.5 Å². The van der Waals surface area contributed by atoms with E-state index in [1.807, 2.05) is 6.92 Å². The topological polar surface area (TPSA) is 127 Å². The summed E-state index contributed by atoms with van der Waals surface area (Å²) in [7, 11) is 1.57. The van der Waals surface area contributed by atoms with Crippen LogP contribution in [0.25, 0.3) is 5.78 Å². The van der Waals surface area contributed by atoms with Gasteiger partial charge in [-0.2, -0.15) is 22.7 Å². The molecule has 3 aromatic heterocycles. The molecule has 0 saturated carbocycles. The standard InChI is InChI=1S/C29H27BrClF3N8O3/c1-15-13-28(6-9-40(10-7-28)20-11-16(5-8-36-20)24(44)35-2)22-23(15)41(27-38-26(30)39-42(27)25(22)45)14-21(43)37-19-4-3-17(12-18(19)31)29(32,33)34/h3-5,8,11-12,15H,6-7,9-10,13-14H2,1-2H3,(H,35,44)(H,37,43). The number of rotatable bonds is 5. The summed E-state index contributed by atoms with van der Waals surface area (Å²) in [5, 5.41) is 9.21. The van der Waals surface area contributed by atoms with Gasteiger partial charge in [0.25, 0.3) is 11.5 Å². The van der Waals surface area contributed by atoms with Crippen LogP contribution >= 0.6 is 27.5 Å². The average Bonchev–Trinajstić information content (AvgIpc) is 3.53. The predicted octanol–water partition coefficient (Wildman–Crippen LogP) is 4.76. The predicted molar refractivity (Wildman–Crippen MR) is 164 cm³/mol. The Bertz CT molecular complexity index is 1900. The number of nitrogens with zero attached hydrogens (tertiary/aromatic N) is 6. The molecule has 1 atom stereocenters. The number of carbonyl (C=O) groups excluding carboxylic acids is 2. The van der Waals surface area contributed by atoms with Gasteiger partial charge in [0.15, 0.2) is 0 Å². The molecule has 2 amide bonds. The molecule has 2 aliphatic rings. The van der Waals surface area contributed by atoms with Gasteiger partial charge in [0, 0.05) is 48.6 Å². The summed E-state index contributed by atoms with van der Waals surface area (Å²) in [6.45, 7) is 2.89. The van der Waals surface area contributed by atoms with E-state index in [1.165, 1.54) is 4.52 Å². The fourth-order valence-corrected chi connectivity index (χ4v) is 7.17. The van der Waals surface area contributed by atoms with E-state index in [1.54, 1.807) is 29.9 Å². The third kappa shape index (κ3) is 5.56. The number of benzene rings is 1. The number of amides is 2. The number of piperidine rings is 1. The van der Waals surface area contributed by atoms with E-state index in [0.29, 0.717) is 55.0 Å². The number of alkyl halides is 3. The number of hydrogen-bond donors (Lipinski definition) is 2. The Morgan fingerprint density at radius 1 is 1.18 bits per heavy atom. The van der Waals surface area contributed by atoms with E-state index in [2.05, 4.69) is 46.5 Å². The van der Waals surface area contributed by atoms with Gasteiger partial charge in [-0.15, -0.1) is 5.10 Å². The second-order valence-corrected chi connectivity index (χ2v) is 12.5. The first-order chi connectivity index (χ1) is 21.3. The molecule has 1 fully saturated rings. The Balaban J connectivity index is 1.32. The molecule has 0 radical (unpaired) electrons. The van der Waals surface area contributed by atoms with Crippen LogP contribution in [0.4, 0.5) is 24.7 Å². The van der Waals surface area contributed by atoms with Gasteiger partial charge in [-0.1, -0.05) is 18.5 Å². The highest BCUT2D eigenvalue weighted by Gasteiger charge is 2.48. The van der Waals surface area contributed by atoms with E-state index < -0.39 is 23.1 Å². The third-order valence-electron chi connectivity index (χ3n) is 8.60. The lowest BCUT2D eigenvalue weighted by atomic mass is 9.73. The number of fused-ring (bicyclic) bond motifs is 3. The third-order valence-corrected chi connectivity index (χ3v) is 9.25. The molecule has 16 heteroatoms. The first-order valence-electron chi connectivity index (χ1n) is 14.1. The monoisotopic (exact) mass is 706 g/mol. The summed E-state index contributed by atoms with van der Waals surface area (Å²) < 4.78 is 42.3. The molecule has 1 aliphatic heterocycles. The Hall–Kier alpha value is -3.98. The fraction of sp³-hybridized carbons (Fsp3) is 0.379. The van der Waals surface area contributed by atoms with Gasteiger partial charge >= 0.3 is 6.18 Å². The van der Waals surface area contributed by atoms with Gasteiger partial charge in [0.2, 0.25) is 16.4 Å². The highest BCUT2D eigenvalue weighted by atomic mass is 79.9. The molecule has 1 saturated heterocycles. The van der Waals surface area contributed by atoms with Crippen molar-refractivity contribution in [1.29, 1.82) is 0 Å². The van der Waals surface area contributed by atoms with E-state index in [4.69, 9.17) is 11.6 Å². The number of pyridine rings is 1. The summed E-state index contributed by atoms with van der Waals surface area (Å²) in [5.41, 5.74) is 0.0401. The van der Waals surface area contributed by atoms with Crippen molar-refractivity contribution >= 4 is 56.6 Å². The van der Waals surface area contributed by atoms with E-state index >= 15 is 0 Å². The minimum absolute atomic E-state index is 0.0250. The number of halogens is 5. The number of carbonyl (C=O) groups is 2. The van der Waals surface area contributed by atoms with Crippen molar-refractivity contribution in [2.24, 2.45) is 0 Å². The van der Waals surface area contributed by atoms with Crippen LogP contribution in [0.5, 0.6) is 0 Å². The lowest BCUT2D eigenvalue weighted by Gasteiger charge is -2.40. The van der Waals surface area contributed by atoms with Crippen LogP contribution in [0, 0.1) is 0 Å². The van der Waals surface area contributed by atoms with Crippen molar-refractivity contribution in [3.63, 3.8) is 0 Å². The van der Waals surface area contributed by atoms with Gasteiger partial charge in [-0.3, -0.25) is 14.4 Å². The number of hydrogen-bond acceptors (Lipinski definition) is 7. The summed E-state index contributed by atoms with van der Waals surface area (Å²) in [4.78, 5) is 50.4. The van der Waals surface area contributed by atoms with Crippen molar-refractivity contribution in [2.45, 2.75) is 50.2 Å². The zero-order valence-corrected chi connectivity index (χ0v) is 26.4. The number of aromatic nitrogens is 5. The molecule has 4 heterocycles. The van der Waals surface area contributed by atoms with Crippen LogP contribution in [0.1, 0.15) is 59.3 Å². The van der Waals surface area contributed by atoms with Crippen LogP contribution in [-0.4, -0.2) is 56.1 Å². The van der Waals surface area contributed by atoms with Gasteiger partial charge in [0.05, 0.1) is 16.3 Å². The minimum atomic E-state index is -4.58. The van der Waals surface area contributed by atoms with Crippen LogP contribution in [-0.2, 0) is 22.9 Å². The van der Waals surface area contributed by atoms with Crippen LogP contribution in [0.15, 0.2) is 46.1 Å². The first-order valence-corrected chi connectivity index (χ1v) is 15.3. The highest BCUT2D eigenvalue weighted by Crippen LogP contribution is 2.50. The SMILES string of the molecule is CNC(=O)c1ccnc(N2CCC3(CC2)CC(C)c2c3c(=O)n3nc(Br)nc3n2CC(=O)Nc2ccc(C(F)(F)F)cc2Cl)c1. The van der Waals surface area contributed by atoms with E-state index in [-0.39, 0.29) is 45.2 Å². The smallest absolute Gasteiger partial charge is 0.357 e. The van der Waals surface area contributed by atoms with Gasteiger partial charge < -0.3 is 20.1 Å². The second kappa shape index (κ2) is 11.4. The Morgan fingerprint density at radius 3 is 2.58 bits per heavy atom. The molecular weight excluding hydrogens is 681 g/mol. The first kappa shape index (κ1) is 31.0. The van der Waals surface area contributed by atoms with E-state index in [9.17, 15) is 27.6 Å². The van der Waals surface area contributed by atoms with Gasteiger partial charge in [-0.25, -0.2) is 4.98 Å². The number of anilines is 2. The minimum Gasteiger partial charge on any atom is -0.357 e. The van der Waals surface area contributed by atoms with Crippen molar-refractivity contribution in [3.8, 4) is 0 Å². The summed E-state index contributed by atoms with van der Waals surface area (Å²) in [5.74, 6) is -0.0518. The summed E-state index contributed by atoms with van der Waals surface area (Å²) in [6, 6.07) is 6.09. The largest absolute Gasteiger partial charge is 0.416 e. The van der Waals surface area contributed by atoms with Crippen molar-refractivity contribution < 1.29 is 22.8 Å². The molecule has 6 rings (SSSR count). The van der Waals surface area contributed by atoms with Crippen molar-refractivity contribution in [3.05, 3.63) is 79.0 Å². The highest BCUT2D eigenvalue weighted by molar-refractivity contribution is 9.10. The average molecular weight is 708 g/mol. The Labute approximate surface area is 267 Å². The lowest BCUT2D eigenvalue weighted by molar-refractivity contribution is -0.137. The molecule has 4 aromatic rings. The summed E-state index contributed by atoms with van der Waals surface area (Å²) in [6.07, 6.45) is -1.07. The quantitative estimate of drug-likeness (QED) is 0.306. The molecule has 236 valence electrons. The maximum absolute atomic E-state index is 14.0. The molecule has 2 N–H and O–H groups in total. The van der Waals surface area contributed by atoms with Crippen LogP contribution in [0.2, 0.25) is 5.02 Å². The van der Waals surface area contributed by atoms with Gasteiger partial charge in [-0.05, 0) is 71.4 Å². The molecule has 1 aromatic carbocycles. The fourth-order valence-electron chi connectivity index (χ4n) is 6.62. The van der Waals surface area contributed by atoms with Crippen LogP contribution in [0.3, 0.4) is 0 Å². The molecular formula is C29H27BrClF3N8O3. The number of nitrogens with one attached hydrogen (secondary N) is 2. The lowest BCUT2D eigenvalue weighted by Crippen LogP contribution is -2.45. The normalized spacial score (nSPS) is 17.5. The van der Waals surface area contributed by atoms with Crippen LogP contribution < -0.4 is 21.1 Å². The molecule has 11 nitrogen and oxygen atoms in total. The molecule has 1 spiro atoms. The molecule has 1 unspecified atom stereocenters. The zero-order chi connectivity index (χ0) is 32.3. The molecule has 1 aliphatic carbocycles. The maximum atomic E-state index is 14.0. The van der Waals surface area contributed by atoms with E-state index in [0.717, 1.165) is 18.2 Å². The molecule has 0 bridgehead atoms. The molecule has 45 heavy (non-hydrogen) atoms. The zero-order valence-electron chi connectivity index (χ0n) is 24.1. The Morgan fingerprint density at radius 2 is 1.91 bits per heavy atom. The van der Waals surface area contributed by atoms with Gasteiger partial charge in [0.1, 0.15) is 12.4 Å². The Kier molecular flexibility index (Phi) is 7.88. The van der Waals surface area contributed by atoms with Crippen molar-refractivity contribution in [2.75, 3.05) is 30.4 Å².